The number of nitrogens with one attached hydrogen (secondary N) is 2. The van der Waals surface area contributed by atoms with Crippen molar-refractivity contribution in [2.75, 3.05) is 36.5 Å². The third-order valence-corrected chi connectivity index (χ3v) is 6.35. The summed E-state index contributed by atoms with van der Waals surface area (Å²) in [5.74, 6) is 1.23. The highest BCUT2D eigenvalue weighted by molar-refractivity contribution is 5.89. The van der Waals surface area contributed by atoms with E-state index in [0.29, 0.717) is 11.5 Å². The van der Waals surface area contributed by atoms with Crippen LogP contribution in [0.3, 0.4) is 0 Å². The molecule has 0 unspecified atom stereocenters. The third kappa shape index (κ3) is 5.28. The molecular weight excluding hydrogens is 460 g/mol. The number of esters is 1. The predicted octanol–water partition coefficient (Wildman–Crippen LogP) is 3.47. The summed E-state index contributed by atoms with van der Waals surface area (Å²) in [5, 5.41) is 10.2. The number of benzene rings is 1. The molecule has 2 saturated heterocycles. The minimum Gasteiger partial charge on any atom is -0.463 e. The first kappa shape index (κ1) is 24.1. The van der Waals surface area contributed by atoms with Gasteiger partial charge >= 0.3 is 12.0 Å². The summed E-state index contributed by atoms with van der Waals surface area (Å²) in [6, 6.07) is 11.0. The summed E-state index contributed by atoms with van der Waals surface area (Å²) >= 11 is 0. The maximum absolute atomic E-state index is 12.2. The molecule has 2 amide bonds. The monoisotopic (exact) mass is 492 g/mol. The fourth-order valence-electron chi connectivity index (χ4n) is 4.46. The number of hydrogen-bond acceptors (Lipinski definition) is 7. The molecule has 10 heteroatoms. The van der Waals surface area contributed by atoms with Crippen molar-refractivity contribution in [2.24, 2.45) is 5.41 Å². The number of hydrogen-bond donors (Lipinski definition) is 2. The van der Waals surface area contributed by atoms with E-state index in [-0.39, 0.29) is 37.4 Å². The minimum absolute atomic E-state index is 0.120. The molecule has 0 aliphatic carbocycles. The van der Waals surface area contributed by atoms with Crippen LogP contribution < -0.4 is 15.5 Å². The molecule has 36 heavy (non-hydrogen) atoms. The van der Waals surface area contributed by atoms with E-state index in [1.807, 2.05) is 47.1 Å². The summed E-state index contributed by atoms with van der Waals surface area (Å²) in [5.41, 5.74) is 1.89. The summed E-state index contributed by atoms with van der Waals surface area (Å²) in [6.45, 7) is 7.37. The van der Waals surface area contributed by atoms with E-state index in [2.05, 4.69) is 15.5 Å². The number of morpholine rings is 1. The van der Waals surface area contributed by atoms with Gasteiger partial charge in [-0.25, -0.2) is 14.3 Å². The molecule has 2 atom stereocenters. The van der Waals surface area contributed by atoms with E-state index in [1.165, 1.54) is 0 Å². The average Bonchev–Trinajstić information content (AvgIpc) is 3.46. The van der Waals surface area contributed by atoms with Crippen LogP contribution >= 0.6 is 0 Å². The molecule has 2 bridgehead atoms. The maximum atomic E-state index is 12.2. The summed E-state index contributed by atoms with van der Waals surface area (Å²) in [7, 11) is 0. The van der Waals surface area contributed by atoms with Crippen LogP contribution in [-0.2, 0) is 14.3 Å². The Bertz CT molecular complexity index is 1240. The van der Waals surface area contributed by atoms with Crippen molar-refractivity contribution in [2.45, 2.75) is 45.8 Å². The van der Waals surface area contributed by atoms with Crippen LogP contribution in [0.15, 0.2) is 42.6 Å². The quantitative estimate of drug-likeness (QED) is 0.400. The summed E-state index contributed by atoms with van der Waals surface area (Å²) in [4.78, 5) is 31.2. The number of ether oxygens (including phenoxy) is 2. The number of carbonyl (C=O) groups excluding carboxylic acids is 2. The molecular formula is C26H32N6O4. The number of rotatable bonds is 6. The largest absolute Gasteiger partial charge is 0.463 e. The van der Waals surface area contributed by atoms with Gasteiger partial charge in [-0.2, -0.15) is 0 Å². The Morgan fingerprint density at radius 1 is 1.11 bits per heavy atom. The first-order valence-electron chi connectivity index (χ1n) is 12.3. The second-order valence-corrected chi connectivity index (χ2v) is 10.3. The molecule has 3 aromatic rings. The normalized spacial score (nSPS) is 19.4. The highest BCUT2D eigenvalue weighted by Gasteiger charge is 2.35. The van der Waals surface area contributed by atoms with Gasteiger partial charge < -0.3 is 25.0 Å². The Kier molecular flexibility index (Phi) is 6.53. The van der Waals surface area contributed by atoms with Gasteiger partial charge in [-0.3, -0.25) is 4.79 Å². The van der Waals surface area contributed by atoms with E-state index >= 15 is 0 Å². The van der Waals surface area contributed by atoms with Crippen LogP contribution in [0.25, 0.3) is 16.9 Å². The number of aromatic nitrogens is 3. The molecule has 2 aromatic heterocycles. The second-order valence-electron chi connectivity index (χ2n) is 10.3. The van der Waals surface area contributed by atoms with Crippen LogP contribution in [0, 0.1) is 5.41 Å². The zero-order chi connectivity index (χ0) is 25.3. The first-order chi connectivity index (χ1) is 17.3. The average molecular weight is 493 g/mol. The third-order valence-electron chi connectivity index (χ3n) is 6.35. The van der Waals surface area contributed by atoms with Crippen LogP contribution in [0.1, 0.15) is 33.6 Å². The Morgan fingerprint density at radius 2 is 1.83 bits per heavy atom. The molecule has 4 heterocycles. The lowest BCUT2D eigenvalue weighted by atomic mass is 9.97. The molecule has 0 spiro atoms. The van der Waals surface area contributed by atoms with Gasteiger partial charge in [0.25, 0.3) is 0 Å². The molecule has 190 valence electrons. The second kappa shape index (κ2) is 9.77. The Morgan fingerprint density at radius 3 is 2.53 bits per heavy atom. The number of fused-ring (bicyclic) bond motifs is 3. The number of anilines is 2. The molecule has 5 rings (SSSR count). The predicted molar refractivity (Wildman–Crippen MR) is 136 cm³/mol. The van der Waals surface area contributed by atoms with E-state index in [4.69, 9.17) is 19.6 Å². The van der Waals surface area contributed by atoms with E-state index in [1.54, 1.807) is 20.8 Å². The smallest absolute Gasteiger partial charge is 0.319 e. The van der Waals surface area contributed by atoms with Gasteiger partial charge in [0.05, 0.1) is 24.2 Å². The fraction of sp³-hybridized carbons (Fsp3) is 0.462. The van der Waals surface area contributed by atoms with Crippen LogP contribution in [0.5, 0.6) is 0 Å². The van der Waals surface area contributed by atoms with Gasteiger partial charge in [0.2, 0.25) is 0 Å². The molecule has 2 aliphatic heterocycles. The van der Waals surface area contributed by atoms with E-state index in [9.17, 15) is 9.59 Å². The van der Waals surface area contributed by atoms with Crippen molar-refractivity contribution >= 4 is 29.0 Å². The highest BCUT2D eigenvalue weighted by atomic mass is 16.5. The van der Waals surface area contributed by atoms with Crippen molar-refractivity contribution in [3.05, 3.63) is 42.6 Å². The SMILES string of the molecule is CC(C)(C)C(=O)OCCNC(=O)Nc1ccc(-c2nc(N3C[C@@H]4CC[C@@H](C3)O4)c3cccn3n2)cc1. The Balaban J connectivity index is 1.23. The van der Waals surface area contributed by atoms with E-state index in [0.717, 1.165) is 42.8 Å². The van der Waals surface area contributed by atoms with Crippen molar-refractivity contribution < 1.29 is 19.1 Å². The number of urea groups is 1. The van der Waals surface area contributed by atoms with Gasteiger partial charge in [0.15, 0.2) is 11.6 Å². The Labute approximate surface area is 210 Å². The van der Waals surface area contributed by atoms with Gasteiger partial charge in [-0.15, -0.1) is 5.10 Å². The van der Waals surface area contributed by atoms with Crippen LogP contribution in [0.2, 0.25) is 0 Å². The molecule has 2 aliphatic rings. The topological polar surface area (TPSA) is 110 Å². The fourth-order valence-corrected chi connectivity index (χ4v) is 4.46. The summed E-state index contributed by atoms with van der Waals surface area (Å²) in [6.07, 6.45) is 4.65. The molecule has 2 N–H and O–H groups in total. The standard InChI is InChI=1S/C26H32N6O4/c1-26(2,3)24(33)35-14-12-27-25(34)28-18-8-6-17(7-9-18)22-29-23(21-5-4-13-32(21)30-22)31-15-19-10-11-20(16-31)36-19/h4-9,13,19-20H,10-12,14-16H2,1-3H3,(H2,27,28,34)/t19-,20-/m0/s1. The number of amides is 2. The Hall–Kier alpha value is -3.66. The minimum atomic E-state index is -0.567. The van der Waals surface area contributed by atoms with Gasteiger partial charge in [-0.1, -0.05) is 0 Å². The van der Waals surface area contributed by atoms with Crippen molar-refractivity contribution in [3.63, 3.8) is 0 Å². The molecule has 1 aromatic carbocycles. The van der Waals surface area contributed by atoms with E-state index < -0.39 is 5.41 Å². The number of nitrogens with zero attached hydrogens (tertiary/aromatic N) is 4. The van der Waals surface area contributed by atoms with Crippen molar-refractivity contribution in [3.8, 4) is 11.4 Å². The lowest BCUT2D eigenvalue weighted by molar-refractivity contribution is -0.152. The molecule has 2 fully saturated rings. The van der Waals surface area contributed by atoms with Crippen LogP contribution in [0.4, 0.5) is 16.3 Å². The van der Waals surface area contributed by atoms with Crippen LogP contribution in [-0.4, -0.2) is 65.0 Å². The maximum Gasteiger partial charge on any atom is 0.319 e. The summed E-state index contributed by atoms with van der Waals surface area (Å²) < 4.78 is 13.0. The van der Waals surface area contributed by atoms with Gasteiger partial charge in [-0.05, 0) is 70.0 Å². The first-order valence-corrected chi connectivity index (χ1v) is 12.3. The molecule has 0 saturated carbocycles. The highest BCUT2D eigenvalue weighted by Crippen LogP contribution is 2.32. The zero-order valence-corrected chi connectivity index (χ0v) is 20.9. The lowest BCUT2D eigenvalue weighted by Crippen LogP contribution is -2.43. The van der Waals surface area contributed by atoms with Crippen molar-refractivity contribution in [1.82, 2.24) is 19.9 Å². The molecule has 10 nitrogen and oxygen atoms in total. The zero-order valence-electron chi connectivity index (χ0n) is 20.9. The van der Waals surface area contributed by atoms with Gasteiger partial charge in [0.1, 0.15) is 12.1 Å². The van der Waals surface area contributed by atoms with Crippen molar-refractivity contribution in [1.29, 1.82) is 0 Å². The van der Waals surface area contributed by atoms with Gasteiger partial charge in [0, 0.05) is 30.5 Å². The number of carbonyl (C=O) groups is 2. The molecule has 0 radical (unpaired) electrons. The lowest BCUT2D eigenvalue weighted by Gasteiger charge is -2.33.